The Morgan fingerprint density at radius 3 is 2.61 bits per heavy atom. The molecule has 88 valence electrons. The molecular weight excluding hydrogens is 224 g/mol. The van der Waals surface area contributed by atoms with Crippen molar-refractivity contribution < 1.29 is 0 Å². The third-order valence-corrected chi connectivity index (χ3v) is 2.63. The summed E-state index contributed by atoms with van der Waals surface area (Å²) in [5, 5.41) is 4.22. The van der Waals surface area contributed by atoms with Gasteiger partial charge in [-0.1, -0.05) is 18.2 Å². The molecule has 0 spiro atoms. The molecule has 0 saturated heterocycles. The fourth-order valence-corrected chi connectivity index (χ4v) is 1.85. The van der Waals surface area contributed by atoms with Crippen LogP contribution in [0.15, 0.2) is 48.7 Å². The third-order valence-electron chi connectivity index (χ3n) is 2.63. The zero-order valence-corrected chi connectivity index (χ0v) is 9.96. The molecule has 4 heteroatoms. The van der Waals surface area contributed by atoms with Crippen LogP contribution in [-0.2, 0) is 0 Å². The Morgan fingerprint density at radius 1 is 0.944 bits per heavy atom. The van der Waals surface area contributed by atoms with Crippen molar-refractivity contribution in [2.75, 3.05) is 5.32 Å². The molecule has 1 N–H and O–H groups in total. The van der Waals surface area contributed by atoms with Crippen LogP contribution in [0.1, 0.15) is 5.82 Å². The molecule has 2 aromatic heterocycles. The second kappa shape index (κ2) is 4.41. The molecule has 0 radical (unpaired) electrons. The van der Waals surface area contributed by atoms with Gasteiger partial charge in [-0.05, 0) is 31.2 Å². The van der Waals surface area contributed by atoms with E-state index in [9.17, 15) is 0 Å². The SMILES string of the molecule is Cc1nc(Nc2ccccn2)c2ccccc2n1. The standard InChI is InChI=1S/C14H12N4/c1-10-16-12-7-3-2-6-11(12)14(17-10)18-13-8-4-5-9-15-13/h2-9H,1H3,(H,15,16,17,18). The monoisotopic (exact) mass is 236 g/mol. The third kappa shape index (κ3) is 2.00. The van der Waals surface area contributed by atoms with Gasteiger partial charge in [-0.25, -0.2) is 15.0 Å². The van der Waals surface area contributed by atoms with Crippen LogP contribution in [0.25, 0.3) is 10.9 Å². The number of aryl methyl sites for hydroxylation is 1. The van der Waals surface area contributed by atoms with E-state index in [0.717, 1.165) is 28.4 Å². The van der Waals surface area contributed by atoms with Crippen LogP contribution >= 0.6 is 0 Å². The number of hydrogen-bond donors (Lipinski definition) is 1. The number of hydrogen-bond acceptors (Lipinski definition) is 4. The van der Waals surface area contributed by atoms with Crippen LogP contribution in [0.2, 0.25) is 0 Å². The van der Waals surface area contributed by atoms with Gasteiger partial charge in [-0.2, -0.15) is 0 Å². The van der Waals surface area contributed by atoms with Gasteiger partial charge in [-0.15, -0.1) is 0 Å². The van der Waals surface area contributed by atoms with E-state index >= 15 is 0 Å². The van der Waals surface area contributed by atoms with Gasteiger partial charge in [0.05, 0.1) is 5.52 Å². The normalized spacial score (nSPS) is 10.5. The maximum Gasteiger partial charge on any atom is 0.143 e. The fraction of sp³-hybridized carbons (Fsp3) is 0.0714. The van der Waals surface area contributed by atoms with Crippen molar-refractivity contribution in [1.82, 2.24) is 15.0 Å². The Hall–Kier alpha value is -2.49. The predicted molar refractivity (Wildman–Crippen MR) is 71.8 cm³/mol. The van der Waals surface area contributed by atoms with Crippen molar-refractivity contribution in [3.63, 3.8) is 0 Å². The molecule has 0 aliphatic carbocycles. The van der Waals surface area contributed by atoms with E-state index in [4.69, 9.17) is 0 Å². The average molecular weight is 236 g/mol. The highest BCUT2D eigenvalue weighted by atomic mass is 15.1. The number of anilines is 2. The summed E-state index contributed by atoms with van der Waals surface area (Å²) in [7, 11) is 0. The van der Waals surface area contributed by atoms with E-state index in [1.165, 1.54) is 0 Å². The minimum absolute atomic E-state index is 0.743. The van der Waals surface area contributed by atoms with Gasteiger partial charge in [0.1, 0.15) is 17.5 Å². The molecule has 1 aromatic carbocycles. The highest BCUT2D eigenvalue weighted by Gasteiger charge is 2.05. The Morgan fingerprint density at radius 2 is 1.78 bits per heavy atom. The maximum atomic E-state index is 4.43. The molecule has 3 rings (SSSR count). The Labute approximate surface area is 105 Å². The molecular formula is C14H12N4. The number of para-hydroxylation sites is 1. The van der Waals surface area contributed by atoms with Crippen molar-refractivity contribution in [3.05, 3.63) is 54.5 Å². The van der Waals surface area contributed by atoms with Crippen molar-refractivity contribution in [2.24, 2.45) is 0 Å². The molecule has 4 nitrogen and oxygen atoms in total. The second-order valence-electron chi connectivity index (χ2n) is 3.98. The van der Waals surface area contributed by atoms with Gasteiger partial charge in [0, 0.05) is 11.6 Å². The highest BCUT2D eigenvalue weighted by molar-refractivity contribution is 5.90. The van der Waals surface area contributed by atoms with Crippen molar-refractivity contribution in [1.29, 1.82) is 0 Å². The quantitative estimate of drug-likeness (QED) is 0.742. The van der Waals surface area contributed by atoms with Gasteiger partial charge in [-0.3, -0.25) is 0 Å². The Kier molecular flexibility index (Phi) is 2.61. The summed E-state index contributed by atoms with van der Waals surface area (Å²) in [5.74, 6) is 2.31. The summed E-state index contributed by atoms with van der Waals surface area (Å²) in [6, 6.07) is 13.7. The van der Waals surface area contributed by atoms with Crippen molar-refractivity contribution in [3.8, 4) is 0 Å². The lowest BCUT2D eigenvalue weighted by Gasteiger charge is -2.08. The van der Waals surface area contributed by atoms with E-state index in [-0.39, 0.29) is 0 Å². The highest BCUT2D eigenvalue weighted by Crippen LogP contribution is 2.22. The summed E-state index contributed by atoms with van der Waals surface area (Å²) in [4.78, 5) is 13.1. The molecule has 0 aliphatic heterocycles. The number of rotatable bonds is 2. The average Bonchev–Trinajstić information content (AvgIpc) is 2.40. The maximum absolute atomic E-state index is 4.43. The summed E-state index contributed by atoms with van der Waals surface area (Å²) in [6.45, 7) is 1.88. The molecule has 0 fully saturated rings. The second-order valence-corrected chi connectivity index (χ2v) is 3.98. The lowest BCUT2D eigenvalue weighted by Crippen LogP contribution is -1.99. The smallest absolute Gasteiger partial charge is 0.143 e. The molecule has 0 unspecified atom stereocenters. The predicted octanol–water partition coefficient (Wildman–Crippen LogP) is 3.08. The largest absolute Gasteiger partial charge is 0.324 e. The lowest BCUT2D eigenvalue weighted by molar-refractivity contribution is 1.09. The molecule has 18 heavy (non-hydrogen) atoms. The lowest BCUT2D eigenvalue weighted by atomic mass is 10.2. The van der Waals surface area contributed by atoms with Crippen LogP contribution in [-0.4, -0.2) is 15.0 Å². The van der Waals surface area contributed by atoms with Crippen LogP contribution in [0.3, 0.4) is 0 Å². The number of nitrogens with one attached hydrogen (secondary N) is 1. The van der Waals surface area contributed by atoms with Gasteiger partial charge in [0.2, 0.25) is 0 Å². The summed E-state index contributed by atoms with van der Waals surface area (Å²) < 4.78 is 0. The molecule has 0 amide bonds. The molecule has 0 saturated carbocycles. The Bertz CT molecular complexity index is 680. The number of nitrogens with zero attached hydrogens (tertiary/aromatic N) is 3. The Balaban J connectivity index is 2.11. The number of benzene rings is 1. The molecule has 0 bridgehead atoms. The molecule has 3 aromatic rings. The van der Waals surface area contributed by atoms with E-state index in [1.54, 1.807) is 6.20 Å². The minimum atomic E-state index is 0.743. The fourth-order valence-electron chi connectivity index (χ4n) is 1.85. The van der Waals surface area contributed by atoms with Crippen LogP contribution in [0.4, 0.5) is 11.6 Å². The van der Waals surface area contributed by atoms with E-state index in [0.29, 0.717) is 0 Å². The molecule has 0 atom stereocenters. The zero-order chi connectivity index (χ0) is 12.4. The van der Waals surface area contributed by atoms with Crippen molar-refractivity contribution >= 4 is 22.5 Å². The molecule has 2 heterocycles. The van der Waals surface area contributed by atoms with Gasteiger partial charge in [0.15, 0.2) is 0 Å². The van der Waals surface area contributed by atoms with Gasteiger partial charge < -0.3 is 5.32 Å². The summed E-state index contributed by atoms with van der Waals surface area (Å²) in [5.41, 5.74) is 0.934. The van der Waals surface area contributed by atoms with Gasteiger partial charge in [0.25, 0.3) is 0 Å². The first-order valence-corrected chi connectivity index (χ1v) is 5.74. The van der Waals surface area contributed by atoms with Gasteiger partial charge >= 0.3 is 0 Å². The molecule has 0 aliphatic rings. The number of fused-ring (bicyclic) bond motifs is 1. The minimum Gasteiger partial charge on any atom is -0.324 e. The van der Waals surface area contributed by atoms with Crippen LogP contribution < -0.4 is 5.32 Å². The first-order chi connectivity index (χ1) is 8.83. The van der Waals surface area contributed by atoms with Crippen molar-refractivity contribution in [2.45, 2.75) is 6.92 Å². The van der Waals surface area contributed by atoms with Crippen LogP contribution in [0, 0.1) is 6.92 Å². The van der Waals surface area contributed by atoms with E-state index in [2.05, 4.69) is 20.3 Å². The van der Waals surface area contributed by atoms with E-state index in [1.807, 2.05) is 49.4 Å². The number of aromatic nitrogens is 3. The first kappa shape index (κ1) is 10.7. The zero-order valence-electron chi connectivity index (χ0n) is 9.96. The van der Waals surface area contributed by atoms with Crippen LogP contribution in [0.5, 0.6) is 0 Å². The topological polar surface area (TPSA) is 50.7 Å². The summed E-state index contributed by atoms with van der Waals surface area (Å²) in [6.07, 6.45) is 1.75. The number of pyridine rings is 1. The summed E-state index contributed by atoms with van der Waals surface area (Å²) >= 11 is 0. The van der Waals surface area contributed by atoms with E-state index < -0.39 is 0 Å². The first-order valence-electron chi connectivity index (χ1n) is 5.74.